The molecule has 1 atom stereocenters. The molecule has 0 saturated heterocycles. The minimum absolute atomic E-state index is 0.0206. The largest absolute Gasteiger partial charge is 0.326 e. The molecular formula is C19H19F3N2O. The molecule has 0 fully saturated rings. The number of allylic oxidation sites excluding steroid dienone is 2. The summed E-state index contributed by atoms with van der Waals surface area (Å²) >= 11 is 0. The number of hydrogen-bond acceptors (Lipinski definition) is 2. The molecule has 3 nitrogen and oxygen atoms in total. The standard InChI is InChI=1S/C19H19F3N2O/c1-14(25)24(12-15-5-3-2-4-6-15)19(13-22)8-17(11-23)16(9-20)7-18(19)10-21/h2-7H,8-10,12-13H2,1H3. The summed E-state index contributed by atoms with van der Waals surface area (Å²) in [6.07, 6.45) is 0.948. The Morgan fingerprint density at radius 3 is 2.40 bits per heavy atom. The van der Waals surface area contributed by atoms with Gasteiger partial charge in [0.2, 0.25) is 5.91 Å². The Balaban J connectivity index is 2.52. The predicted octanol–water partition coefficient (Wildman–Crippen LogP) is 3.83. The lowest BCUT2D eigenvalue weighted by molar-refractivity contribution is -0.135. The van der Waals surface area contributed by atoms with E-state index in [-0.39, 0.29) is 29.7 Å². The highest BCUT2D eigenvalue weighted by molar-refractivity contribution is 5.75. The Morgan fingerprint density at radius 1 is 1.24 bits per heavy atom. The number of alkyl halides is 3. The highest BCUT2D eigenvalue weighted by atomic mass is 19.1. The van der Waals surface area contributed by atoms with E-state index >= 15 is 0 Å². The number of benzene rings is 1. The first-order chi connectivity index (χ1) is 12.0. The van der Waals surface area contributed by atoms with E-state index in [0.717, 1.165) is 5.56 Å². The Morgan fingerprint density at radius 2 is 1.92 bits per heavy atom. The van der Waals surface area contributed by atoms with Crippen LogP contribution in [-0.2, 0) is 11.3 Å². The predicted molar refractivity (Wildman–Crippen MR) is 88.7 cm³/mol. The number of nitrogens with zero attached hydrogens (tertiary/aromatic N) is 2. The number of amides is 1. The zero-order valence-electron chi connectivity index (χ0n) is 13.9. The van der Waals surface area contributed by atoms with Gasteiger partial charge in [0.1, 0.15) is 25.6 Å². The summed E-state index contributed by atoms with van der Waals surface area (Å²) in [4.78, 5) is 13.5. The van der Waals surface area contributed by atoms with Crippen LogP contribution in [0.2, 0.25) is 0 Å². The lowest BCUT2D eigenvalue weighted by Gasteiger charge is -2.45. The average molecular weight is 348 g/mol. The van der Waals surface area contributed by atoms with Gasteiger partial charge in [0.05, 0.1) is 6.07 Å². The first-order valence-electron chi connectivity index (χ1n) is 7.85. The van der Waals surface area contributed by atoms with Gasteiger partial charge in [0, 0.05) is 25.5 Å². The molecule has 0 spiro atoms. The molecule has 0 bridgehead atoms. The fourth-order valence-electron chi connectivity index (χ4n) is 3.15. The molecule has 6 heteroatoms. The SMILES string of the molecule is CC(=O)N(Cc1ccccc1)C1(CF)CC(C#N)=C(CF)C=C1CF. The number of carbonyl (C=O) groups is 1. The Hall–Kier alpha value is -2.55. The summed E-state index contributed by atoms with van der Waals surface area (Å²) in [6, 6.07) is 10.8. The smallest absolute Gasteiger partial charge is 0.220 e. The van der Waals surface area contributed by atoms with Crippen LogP contribution in [0.25, 0.3) is 0 Å². The van der Waals surface area contributed by atoms with Crippen molar-refractivity contribution in [2.24, 2.45) is 0 Å². The van der Waals surface area contributed by atoms with Crippen molar-refractivity contribution < 1.29 is 18.0 Å². The zero-order chi connectivity index (χ0) is 18.4. The van der Waals surface area contributed by atoms with Gasteiger partial charge in [0.15, 0.2) is 0 Å². The van der Waals surface area contributed by atoms with Crippen LogP contribution in [0.15, 0.2) is 53.1 Å². The van der Waals surface area contributed by atoms with Crippen molar-refractivity contribution >= 4 is 5.91 Å². The molecule has 0 N–H and O–H groups in total. The van der Waals surface area contributed by atoms with Gasteiger partial charge >= 0.3 is 0 Å². The van der Waals surface area contributed by atoms with Crippen LogP contribution in [0.3, 0.4) is 0 Å². The van der Waals surface area contributed by atoms with E-state index in [0.29, 0.717) is 0 Å². The number of carbonyl (C=O) groups excluding carboxylic acids is 1. The first kappa shape index (κ1) is 18.8. The summed E-state index contributed by atoms with van der Waals surface area (Å²) < 4.78 is 41.0. The molecule has 1 unspecified atom stereocenters. The molecule has 0 saturated carbocycles. The third-order valence-corrected chi connectivity index (χ3v) is 4.53. The van der Waals surface area contributed by atoms with E-state index < -0.39 is 31.5 Å². The molecule has 1 aromatic carbocycles. The molecule has 0 radical (unpaired) electrons. The van der Waals surface area contributed by atoms with Crippen LogP contribution in [0.5, 0.6) is 0 Å². The molecule has 1 aromatic rings. The van der Waals surface area contributed by atoms with Gasteiger partial charge in [-0.1, -0.05) is 36.4 Å². The molecule has 25 heavy (non-hydrogen) atoms. The van der Waals surface area contributed by atoms with E-state index in [2.05, 4.69) is 0 Å². The van der Waals surface area contributed by atoms with Crippen molar-refractivity contribution in [3.8, 4) is 6.07 Å². The molecule has 0 aliphatic heterocycles. The summed E-state index contributed by atoms with van der Waals surface area (Å²) in [6.45, 7) is -1.67. The van der Waals surface area contributed by atoms with Crippen LogP contribution >= 0.6 is 0 Å². The quantitative estimate of drug-likeness (QED) is 0.784. The number of halogens is 3. The normalized spacial score (nSPS) is 20.0. The summed E-state index contributed by atoms with van der Waals surface area (Å²) in [5.41, 5.74) is -0.797. The van der Waals surface area contributed by atoms with Gasteiger partial charge < -0.3 is 4.90 Å². The summed E-state index contributed by atoms with van der Waals surface area (Å²) in [5, 5.41) is 9.27. The molecular weight excluding hydrogens is 329 g/mol. The van der Waals surface area contributed by atoms with Gasteiger partial charge in [-0.2, -0.15) is 5.26 Å². The second-order valence-electron chi connectivity index (χ2n) is 5.99. The fraction of sp³-hybridized carbons (Fsp3) is 0.368. The Kier molecular flexibility index (Phi) is 6.02. The van der Waals surface area contributed by atoms with Crippen LogP contribution in [0.4, 0.5) is 13.2 Å². The minimum Gasteiger partial charge on any atom is -0.326 e. The maximum atomic E-state index is 14.2. The molecule has 2 rings (SSSR count). The number of nitriles is 1. The molecule has 1 amide bonds. The zero-order valence-corrected chi connectivity index (χ0v) is 13.9. The average Bonchev–Trinajstić information content (AvgIpc) is 2.65. The van der Waals surface area contributed by atoms with Crippen molar-refractivity contribution in [2.75, 3.05) is 20.0 Å². The number of rotatable bonds is 6. The second kappa shape index (κ2) is 8.02. The first-order valence-corrected chi connectivity index (χ1v) is 7.85. The van der Waals surface area contributed by atoms with Crippen molar-refractivity contribution in [3.63, 3.8) is 0 Å². The van der Waals surface area contributed by atoms with Gasteiger partial charge in [-0.05, 0) is 16.7 Å². The highest BCUT2D eigenvalue weighted by Gasteiger charge is 2.45. The maximum absolute atomic E-state index is 14.2. The second-order valence-corrected chi connectivity index (χ2v) is 5.99. The molecule has 1 aliphatic rings. The lowest BCUT2D eigenvalue weighted by Crippen LogP contribution is -2.55. The van der Waals surface area contributed by atoms with Gasteiger partial charge in [-0.25, -0.2) is 13.2 Å². The highest BCUT2D eigenvalue weighted by Crippen LogP contribution is 2.39. The molecule has 0 aromatic heterocycles. The lowest BCUT2D eigenvalue weighted by atomic mass is 9.77. The van der Waals surface area contributed by atoms with E-state index in [1.807, 2.05) is 12.1 Å². The van der Waals surface area contributed by atoms with E-state index in [4.69, 9.17) is 0 Å². The van der Waals surface area contributed by atoms with Crippen molar-refractivity contribution in [1.82, 2.24) is 4.90 Å². The third-order valence-electron chi connectivity index (χ3n) is 4.53. The van der Waals surface area contributed by atoms with Crippen molar-refractivity contribution in [2.45, 2.75) is 25.4 Å². The van der Waals surface area contributed by atoms with Gasteiger partial charge in [-0.15, -0.1) is 0 Å². The molecule has 132 valence electrons. The monoisotopic (exact) mass is 348 g/mol. The van der Waals surface area contributed by atoms with Crippen LogP contribution in [0.1, 0.15) is 18.9 Å². The summed E-state index contributed by atoms with van der Waals surface area (Å²) in [5.74, 6) is -0.443. The maximum Gasteiger partial charge on any atom is 0.220 e. The van der Waals surface area contributed by atoms with Gasteiger partial charge in [-0.3, -0.25) is 4.79 Å². The van der Waals surface area contributed by atoms with E-state index in [1.54, 1.807) is 24.3 Å². The Labute approximate surface area is 145 Å². The van der Waals surface area contributed by atoms with E-state index in [1.165, 1.54) is 17.9 Å². The van der Waals surface area contributed by atoms with E-state index in [9.17, 15) is 23.2 Å². The van der Waals surface area contributed by atoms with Crippen molar-refractivity contribution in [1.29, 1.82) is 5.26 Å². The molecule has 0 heterocycles. The van der Waals surface area contributed by atoms with Crippen LogP contribution in [-0.4, -0.2) is 36.4 Å². The molecule has 1 aliphatic carbocycles. The summed E-state index contributed by atoms with van der Waals surface area (Å²) in [7, 11) is 0. The van der Waals surface area contributed by atoms with Crippen LogP contribution < -0.4 is 0 Å². The topological polar surface area (TPSA) is 44.1 Å². The fourth-order valence-corrected chi connectivity index (χ4v) is 3.15. The third kappa shape index (κ3) is 3.60. The Bertz CT molecular complexity index is 737. The van der Waals surface area contributed by atoms with Crippen LogP contribution in [0, 0.1) is 11.3 Å². The van der Waals surface area contributed by atoms with Gasteiger partial charge in [0.25, 0.3) is 0 Å². The number of hydrogen-bond donors (Lipinski definition) is 0. The van der Waals surface area contributed by atoms with Crippen molar-refractivity contribution in [3.05, 3.63) is 58.7 Å². The minimum atomic E-state index is -1.61.